The van der Waals surface area contributed by atoms with Gasteiger partial charge in [0.2, 0.25) is 10.7 Å². The molecule has 3 heterocycles. The fourth-order valence-corrected chi connectivity index (χ4v) is 5.14. The first kappa shape index (κ1) is 20.8. The molecule has 168 valence electrons. The Morgan fingerprint density at radius 3 is 2.35 bits per heavy atom. The molecule has 1 aromatic carbocycles. The molecule has 0 atom stereocenters. The van der Waals surface area contributed by atoms with Gasteiger partial charge in [-0.05, 0) is 75.0 Å². The molecule has 0 spiro atoms. The van der Waals surface area contributed by atoms with Crippen LogP contribution in [0.2, 0.25) is 0 Å². The van der Waals surface area contributed by atoms with Gasteiger partial charge in [-0.25, -0.2) is 4.68 Å². The molecule has 1 saturated carbocycles. The van der Waals surface area contributed by atoms with Crippen molar-refractivity contribution in [2.24, 2.45) is 0 Å². The molecule has 3 aliphatic rings. The minimum absolute atomic E-state index is 0.563. The van der Waals surface area contributed by atoms with E-state index in [-0.39, 0.29) is 0 Å². The highest BCUT2D eigenvalue weighted by molar-refractivity contribution is 7.71. The Balaban J connectivity index is 1.28. The van der Waals surface area contributed by atoms with Crippen LogP contribution in [-0.4, -0.2) is 65.6 Å². The van der Waals surface area contributed by atoms with Crippen molar-refractivity contribution in [2.45, 2.75) is 51.2 Å². The van der Waals surface area contributed by atoms with Crippen LogP contribution in [0.3, 0.4) is 0 Å². The summed E-state index contributed by atoms with van der Waals surface area (Å²) in [6.07, 6.45) is 7.47. The number of hydrogen-bond donors (Lipinski definition) is 0. The van der Waals surface area contributed by atoms with E-state index in [1.165, 1.54) is 37.8 Å². The standard InChI is InChI=1S/C23H34N6OS/c1-30-21-10-8-19(9-11-21)26-15-5-12-25(16-17-26)18-28-23(31)29(20-6-7-20)22(24-28)27-13-3-2-4-14-27/h8-11,20H,2-7,12-18H2,1H3. The molecular formula is C23H34N6OS. The van der Waals surface area contributed by atoms with E-state index in [0.717, 1.165) is 68.8 Å². The lowest BCUT2D eigenvalue weighted by atomic mass is 10.1. The topological polar surface area (TPSA) is 41.7 Å². The normalized spacial score (nSPS) is 20.7. The van der Waals surface area contributed by atoms with Gasteiger partial charge in [-0.2, -0.15) is 0 Å². The van der Waals surface area contributed by atoms with Gasteiger partial charge in [-0.3, -0.25) is 9.47 Å². The highest BCUT2D eigenvalue weighted by Crippen LogP contribution is 2.38. The van der Waals surface area contributed by atoms with Crippen LogP contribution in [0.5, 0.6) is 5.75 Å². The van der Waals surface area contributed by atoms with Crippen molar-refractivity contribution in [2.75, 3.05) is 56.2 Å². The molecule has 2 saturated heterocycles. The van der Waals surface area contributed by atoms with Crippen LogP contribution >= 0.6 is 12.2 Å². The molecule has 5 rings (SSSR count). The van der Waals surface area contributed by atoms with Gasteiger partial charge in [-0.15, -0.1) is 5.10 Å². The first-order valence-electron chi connectivity index (χ1n) is 11.8. The van der Waals surface area contributed by atoms with E-state index < -0.39 is 0 Å². The van der Waals surface area contributed by atoms with E-state index >= 15 is 0 Å². The van der Waals surface area contributed by atoms with Gasteiger partial charge in [0.1, 0.15) is 5.75 Å². The Morgan fingerprint density at radius 2 is 1.65 bits per heavy atom. The summed E-state index contributed by atoms with van der Waals surface area (Å²) >= 11 is 5.91. The fraction of sp³-hybridized carbons (Fsp3) is 0.652. The molecule has 31 heavy (non-hydrogen) atoms. The fourth-order valence-electron chi connectivity index (χ4n) is 4.82. The van der Waals surface area contributed by atoms with Gasteiger partial charge in [0.05, 0.1) is 13.8 Å². The van der Waals surface area contributed by atoms with E-state index in [1.807, 2.05) is 12.1 Å². The lowest BCUT2D eigenvalue weighted by molar-refractivity contribution is 0.219. The average molecular weight is 443 g/mol. The summed E-state index contributed by atoms with van der Waals surface area (Å²) in [7, 11) is 1.71. The third-order valence-electron chi connectivity index (χ3n) is 6.76. The van der Waals surface area contributed by atoms with E-state index in [1.54, 1.807) is 7.11 Å². The summed E-state index contributed by atoms with van der Waals surface area (Å²) < 4.78 is 10.6. The molecule has 2 aliphatic heterocycles. The van der Waals surface area contributed by atoms with Crippen LogP contribution < -0.4 is 14.5 Å². The molecule has 0 unspecified atom stereocenters. The third kappa shape index (κ3) is 4.60. The minimum atomic E-state index is 0.563. The quantitative estimate of drug-likeness (QED) is 0.632. The molecule has 1 aliphatic carbocycles. The number of benzene rings is 1. The predicted octanol–water partition coefficient (Wildman–Crippen LogP) is 3.92. The van der Waals surface area contributed by atoms with Crippen molar-refractivity contribution in [3.05, 3.63) is 29.0 Å². The SMILES string of the molecule is COc1ccc(N2CCCN(Cn3nc(N4CCCCC4)n(C4CC4)c3=S)CC2)cc1. The number of ether oxygens (including phenoxy) is 1. The Morgan fingerprint density at radius 1 is 0.903 bits per heavy atom. The summed E-state index contributed by atoms with van der Waals surface area (Å²) in [5.41, 5.74) is 1.27. The van der Waals surface area contributed by atoms with Gasteiger partial charge < -0.3 is 14.5 Å². The lowest BCUT2D eigenvalue weighted by Gasteiger charge is -2.27. The Bertz CT molecular complexity index is 929. The van der Waals surface area contributed by atoms with Gasteiger partial charge in [-0.1, -0.05) is 0 Å². The first-order chi connectivity index (χ1) is 15.2. The van der Waals surface area contributed by atoms with Gasteiger partial charge in [0, 0.05) is 51.0 Å². The van der Waals surface area contributed by atoms with Crippen molar-refractivity contribution in [3.63, 3.8) is 0 Å². The number of piperidine rings is 1. The van der Waals surface area contributed by atoms with Crippen LogP contribution in [0.25, 0.3) is 0 Å². The van der Waals surface area contributed by atoms with Gasteiger partial charge in [0.25, 0.3) is 0 Å². The van der Waals surface area contributed by atoms with Crippen molar-refractivity contribution in [1.82, 2.24) is 19.2 Å². The molecule has 3 fully saturated rings. The highest BCUT2D eigenvalue weighted by atomic mass is 32.1. The average Bonchev–Trinajstić information content (AvgIpc) is 3.63. The maximum atomic E-state index is 5.91. The zero-order valence-electron chi connectivity index (χ0n) is 18.6. The van der Waals surface area contributed by atoms with E-state index in [4.69, 9.17) is 22.1 Å². The summed E-state index contributed by atoms with van der Waals surface area (Å²) in [4.78, 5) is 7.44. The van der Waals surface area contributed by atoms with Gasteiger partial charge >= 0.3 is 0 Å². The van der Waals surface area contributed by atoms with Crippen molar-refractivity contribution in [3.8, 4) is 5.75 Å². The summed E-state index contributed by atoms with van der Waals surface area (Å²) in [5.74, 6) is 2.02. The molecule has 0 amide bonds. The number of aromatic nitrogens is 3. The maximum absolute atomic E-state index is 5.91. The largest absolute Gasteiger partial charge is 0.497 e. The Kier molecular flexibility index (Phi) is 6.18. The second-order valence-electron chi connectivity index (χ2n) is 9.03. The Hall–Kier alpha value is -2.06. The van der Waals surface area contributed by atoms with E-state index in [0.29, 0.717) is 6.04 Å². The zero-order chi connectivity index (χ0) is 21.2. The molecule has 0 radical (unpaired) electrons. The second-order valence-corrected chi connectivity index (χ2v) is 9.39. The predicted molar refractivity (Wildman–Crippen MR) is 127 cm³/mol. The third-order valence-corrected chi connectivity index (χ3v) is 7.17. The summed E-state index contributed by atoms with van der Waals surface area (Å²) in [5, 5.41) is 5.05. The molecule has 0 bridgehead atoms. The molecule has 2 aromatic rings. The molecule has 7 nitrogen and oxygen atoms in total. The number of rotatable bonds is 6. The van der Waals surface area contributed by atoms with Crippen molar-refractivity contribution in [1.29, 1.82) is 0 Å². The second kappa shape index (κ2) is 9.20. The van der Waals surface area contributed by atoms with E-state index in [2.05, 4.69) is 36.1 Å². The van der Waals surface area contributed by atoms with Crippen LogP contribution in [0.4, 0.5) is 11.6 Å². The number of methoxy groups -OCH3 is 1. The maximum Gasteiger partial charge on any atom is 0.226 e. The summed E-state index contributed by atoms with van der Waals surface area (Å²) in [6, 6.07) is 8.97. The van der Waals surface area contributed by atoms with Crippen molar-refractivity contribution < 1.29 is 4.74 Å². The number of nitrogens with zero attached hydrogens (tertiary/aromatic N) is 6. The van der Waals surface area contributed by atoms with Crippen LogP contribution in [0, 0.1) is 4.77 Å². The molecule has 0 N–H and O–H groups in total. The zero-order valence-corrected chi connectivity index (χ0v) is 19.4. The van der Waals surface area contributed by atoms with Gasteiger partial charge in [0.15, 0.2) is 0 Å². The monoisotopic (exact) mass is 442 g/mol. The summed E-state index contributed by atoms with van der Waals surface area (Å²) in [6.45, 7) is 7.19. The van der Waals surface area contributed by atoms with E-state index in [9.17, 15) is 0 Å². The molecule has 1 aromatic heterocycles. The van der Waals surface area contributed by atoms with Crippen LogP contribution in [-0.2, 0) is 6.67 Å². The molecule has 8 heteroatoms. The highest BCUT2D eigenvalue weighted by Gasteiger charge is 2.31. The van der Waals surface area contributed by atoms with Crippen LogP contribution in [0.1, 0.15) is 44.6 Å². The first-order valence-corrected chi connectivity index (χ1v) is 12.2. The number of anilines is 2. The lowest BCUT2D eigenvalue weighted by Crippen LogP contribution is -2.33. The molecular weight excluding hydrogens is 408 g/mol. The van der Waals surface area contributed by atoms with Crippen LogP contribution in [0.15, 0.2) is 24.3 Å². The smallest absolute Gasteiger partial charge is 0.226 e. The van der Waals surface area contributed by atoms with Crippen molar-refractivity contribution >= 4 is 23.9 Å². The minimum Gasteiger partial charge on any atom is -0.497 e. The Labute approximate surface area is 190 Å². The number of hydrogen-bond acceptors (Lipinski definition) is 6.